The number of nitrogens with zero attached hydrogens (tertiary/aromatic N) is 5. The number of methoxy groups -OCH3 is 1. The molecule has 1 unspecified atom stereocenters. The zero-order valence-corrected chi connectivity index (χ0v) is 23.7. The third-order valence-corrected chi connectivity index (χ3v) is 7.17. The predicted octanol–water partition coefficient (Wildman–Crippen LogP) is 4.70. The van der Waals surface area contributed by atoms with Crippen molar-refractivity contribution in [2.24, 2.45) is 0 Å². The standard InChI is InChI=1S/C28H29FN6O4Si/c1-38-27(37)20-14-21(29)18(9-12-40(2,3)4)13-23(20)32-26(36)22-8-10-34-24(16-30-28(34)33-22)19-15-31-35(17-19)25-7-5-6-11-39-25/h8,10,13-17,25H,5-7,11H2,1-4H3,(H,32,36). The van der Waals surface area contributed by atoms with Gasteiger partial charge in [-0.25, -0.2) is 23.8 Å². The molecule has 1 fully saturated rings. The number of esters is 1. The van der Waals surface area contributed by atoms with Crippen molar-refractivity contribution in [3.63, 3.8) is 0 Å². The number of benzene rings is 1. The molecule has 0 aliphatic carbocycles. The highest BCUT2D eigenvalue weighted by Gasteiger charge is 2.21. The maximum absolute atomic E-state index is 14.7. The van der Waals surface area contributed by atoms with E-state index in [1.165, 1.54) is 19.2 Å². The van der Waals surface area contributed by atoms with Crippen molar-refractivity contribution in [3.05, 3.63) is 65.6 Å². The maximum Gasteiger partial charge on any atom is 0.340 e. The lowest BCUT2D eigenvalue weighted by Gasteiger charge is -2.22. The van der Waals surface area contributed by atoms with Crippen LogP contribution in [0.4, 0.5) is 10.1 Å². The van der Waals surface area contributed by atoms with Crippen molar-refractivity contribution in [2.45, 2.75) is 45.1 Å². The van der Waals surface area contributed by atoms with E-state index in [-0.39, 0.29) is 28.7 Å². The highest BCUT2D eigenvalue weighted by molar-refractivity contribution is 6.83. The number of carbonyl (C=O) groups excluding carboxylic acids is 2. The van der Waals surface area contributed by atoms with Crippen LogP contribution in [0.15, 0.2) is 43.0 Å². The minimum absolute atomic E-state index is 0.0609. The first-order valence-electron chi connectivity index (χ1n) is 12.9. The first-order valence-corrected chi connectivity index (χ1v) is 16.4. The summed E-state index contributed by atoms with van der Waals surface area (Å²) in [5.74, 6) is 1.08. The van der Waals surface area contributed by atoms with E-state index in [0.29, 0.717) is 5.78 Å². The van der Waals surface area contributed by atoms with Gasteiger partial charge < -0.3 is 14.8 Å². The van der Waals surface area contributed by atoms with E-state index in [1.54, 1.807) is 23.0 Å². The summed E-state index contributed by atoms with van der Waals surface area (Å²) in [4.78, 5) is 34.3. The van der Waals surface area contributed by atoms with E-state index in [4.69, 9.17) is 9.47 Å². The van der Waals surface area contributed by atoms with E-state index in [1.807, 2.05) is 30.5 Å². The number of hydrogen-bond donors (Lipinski definition) is 1. The Morgan fingerprint density at radius 2 is 2.05 bits per heavy atom. The van der Waals surface area contributed by atoms with E-state index in [0.717, 1.165) is 43.2 Å². The normalized spacial score (nSPS) is 15.4. The van der Waals surface area contributed by atoms with Crippen molar-refractivity contribution in [2.75, 3.05) is 19.0 Å². The number of nitrogens with one attached hydrogen (secondary N) is 1. The molecule has 5 rings (SSSR count). The van der Waals surface area contributed by atoms with Gasteiger partial charge in [-0.3, -0.25) is 9.20 Å². The SMILES string of the molecule is COC(=O)c1cc(F)c(C#C[Si](C)(C)C)cc1NC(=O)c1ccn2c(-c3cnn(C4CCCCO4)c3)cnc2n1. The van der Waals surface area contributed by atoms with Crippen molar-refractivity contribution >= 4 is 31.4 Å². The molecule has 0 radical (unpaired) electrons. The van der Waals surface area contributed by atoms with Gasteiger partial charge in [0.1, 0.15) is 25.8 Å². The van der Waals surface area contributed by atoms with Crippen LogP contribution in [0.1, 0.15) is 51.9 Å². The van der Waals surface area contributed by atoms with Gasteiger partial charge in [-0.2, -0.15) is 5.10 Å². The molecule has 4 aromatic rings. The average molecular weight is 561 g/mol. The van der Waals surface area contributed by atoms with Gasteiger partial charge in [0, 0.05) is 24.6 Å². The number of halogens is 1. The zero-order chi connectivity index (χ0) is 28.4. The second-order valence-corrected chi connectivity index (χ2v) is 15.2. The minimum atomic E-state index is -1.80. The van der Waals surface area contributed by atoms with E-state index < -0.39 is 25.8 Å². The third kappa shape index (κ3) is 5.80. The molecule has 3 aromatic heterocycles. The summed E-state index contributed by atoms with van der Waals surface area (Å²) in [7, 11) is -0.619. The van der Waals surface area contributed by atoms with Crippen molar-refractivity contribution in [3.8, 4) is 22.7 Å². The number of aromatic nitrogens is 5. The smallest absolute Gasteiger partial charge is 0.340 e. The quantitative estimate of drug-likeness (QED) is 0.214. The number of rotatable bonds is 5. The zero-order valence-electron chi connectivity index (χ0n) is 22.7. The first kappa shape index (κ1) is 27.2. The molecule has 1 aromatic carbocycles. The lowest BCUT2D eigenvalue weighted by Crippen LogP contribution is -2.18. The molecule has 1 saturated heterocycles. The summed E-state index contributed by atoms with van der Waals surface area (Å²) < 4.78 is 28.9. The van der Waals surface area contributed by atoms with Crippen molar-refractivity contribution < 1.29 is 23.5 Å². The van der Waals surface area contributed by atoms with Crippen LogP contribution in [0, 0.1) is 17.3 Å². The predicted molar refractivity (Wildman–Crippen MR) is 149 cm³/mol. The second-order valence-electron chi connectivity index (χ2n) is 10.5. The molecule has 1 aliphatic rings. The van der Waals surface area contributed by atoms with Gasteiger partial charge >= 0.3 is 5.97 Å². The van der Waals surface area contributed by atoms with Crippen LogP contribution in [-0.2, 0) is 9.47 Å². The molecule has 4 heterocycles. The number of amides is 1. The number of carbonyl (C=O) groups is 2. The summed E-state index contributed by atoms with van der Waals surface area (Å²) in [5, 5.41) is 7.12. The highest BCUT2D eigenvalue weighted by Crippen LogP contribution is 2.26. The Morgan fingerprint density at radius 3 is 2.77 bits per heavy atom. The van der Waals surface area contributed by atoms with Crippen molar-refractivity contribution in [1.82, 2.24) is 24.1 Å². The summed E-state index contributed by atoms with van der Waals surface area (Å²) in [6.45, 7) is 6.81. The van der Waals surface area contributed by atoms with Gasteiger partial charge in [0.05, 0.1) is 42.0 Å². The molecule has 12 heteroatoms. The van der Waals surface area contributed by atoms with E-state index in [9.17, 15) is 14.0 Å². The molecule has 1 atom stereocenters. The maximum atomic E-state index is 14.7. The Hall–Kier alpha value is -4.34. The van der Waals surface area contributed by atoms with Crippen LogP contribution in [0.3, 0.4) is 0 Å². The van der Waals surface area contributed by atoms with Crippen LogP contribution < -0.4 is 5.32 Å². The fourth-order valence-electron chi connectivity index (χ4n) is 4.26. The Kier molecular flexibility index (Phi) is 7.51. The van der Waals surface area contributed by atoms with Gasteiger partial charge in [0.15, 0.2) is 0 Å². The fraction of sp³-hybridized carbons (Fsp3) is 0.321. The molecule has 0 bridgehead atoms. The summed E-state index contributed by atoms with van der Waals surface area (Å²) in [6, 6.07) is 3.90. The van der Waals surface area contributed by atoms with E-state index >= 15 is 0 Å². The molecule has 10 nitrogen and oxygen atoms in total. The molecule has 0 spiro atoms. The number of ether oxygens (including phenoxy) is 2. The summed E-state index contributed by atoms with van der Waals surface area (Å²) >= 11 is 0. The molecule has 206 valence electrons. The summed E-state index contributed by atoms with van der Waals surface area (Å²) in [6.07, 6.45) is 9.97. The van der Waals surface area contributed by atoms with E-state index in [2.05, 4.69) is 31.8 Å². The van der Waals surface area contributed by atoms with Gasteiger partial charge in [-0.1, -0.05) is 25.6 Å². The number of fused-ring (bicyclic) bond motifs is 1. The lowest BCUT2D eigenvalue weighted by molar-refractivity contribution is -0.0394. The number of anilines is 1. The number of hydrogen-bond acceptors (Lipinski definition) is 7. The average Bonchev–Trinajstić information content (AvgIpc) is 3.59. The molecule has 1 aliphatic heterocycles. The van der Waals surface area contributed by atoms with Crippen molar-refractivity contribution in [1.29, 1.82) is 0 Å². The van der Waals surface area contributed by atoms with Crippen LogP contribution >= 0.6 is 0 Å². The Labute approximate surface area is 231 Å². The minimum Gasteiger partial charge on any atom is -0.465 e. The summed E-state index contributed by atoms with van der Waals surface area (Å²) in [5.41, 5.74) is 4.76. The molecular weight excluding hydrogens is 531 g/mol. The lowest BCUT2D eigenvalue weighted by atomic mass is 10.1. The van der Waals surface area contributed by atoms with Gasteiger partial charge in [0.25, 0.3) is 5.91 Å². The van der Waals surface area contributed by atoms with Crippen LogP contribution in [0.5, 0.6) is 0 Å². The largest absolute Gasteiger partial charge is 0.465 e. The Morgan fingerprint density at radius 1 is 1.23 bits per heavy atom. The third-order valence-electron chi connectivity index (χ3n) is 6.29. The molecular formula is C28H29FN6O4Si. The van der Waals surface area contributed by atoms with Crippen LogP contribution in [-0.4, -0.2) is 57.8 Å². The fourth-order valence-corrected chi connectivity index (χ4v) is 4.77. The monoisotopic (exact) mass is 560 g/mol. The Balaban J connectivity index is 1.42. The van der Waals surface area contributed by atoms with Crippen LogP contribution in [0.2, 0.25) is 19.6 Å². The van der Waals surface area contributed by atoms with Gasteiger partial charge in [-0.15, -0.1) is 5.54 Å². The Bertz CT molecular complexity index is 1660. The highest BCUT2D eigenvalue weighted by atomic mass is 28.3. The number of imidazole rings is 1. The van der Waals surface area contributed by atoms with Crippen LogP contribution in [0.25, 0.3) is 17.0 Å². The van der Waals surface area contributed by atoms with Gasteiger partial charge in [-0.05, 0) is 37.5 Å². The molecule has 40 heavy (non-hydrogen) atoms. The first-order chi connectivity index (χ1) is 19.1. The molecule has 0 saturated carbocycles. The topological polar surface area (TPSA) is 113 Å². The van der Waals surface area contributed by atoms with Gasteiger partial charge in [0.2, 0.25) is 5.78 Å². The molecule has 1 amide bonds. The second kappa shape index (κ2) is 11.0. The molecule has 1 N–H and O–H groups in total.